The van der Waals surface area contributed by atoms with E-state index in [1.807, 2.05) is 0 Å². The summed E-state index contributed by atoms with van der Waals surface area (Å²) in [5, 5.41) is 0. The minimum Gasteiger partial charge on any atom is -0.353 e. The summed E-state index contributed by atoms with van der Waals surface area (Å²) in [5.74, 6) is 0. The van der Waals surface area contributed by atoms with Gasteiger partial charge in [0, 0.05) is 17.7 Å². The zero-order chi connectivity index (χ0) is 15.3. The van der Waals surface area contributed by atoms with Crippen molar-refractivity contribution in [1.82, 2.24) is 0 Å². The van der Waals surface area contributed by atoms with Crippen LogP contribution in [0.3, 0.4) is 0 Å². The van der Waals surface area contributed by atoms with E-state index in [0.717, 1.165) is 42.7 Å². The Hall–Kier alpha value is -1.36. The molecule has 1 unspecified atom stereocenters. The third kappa shape index (κ3) is 2.37. The molecular weight excluding hydrogens is 279 g/mol. The van der Waals surface area contributed by atoms with Gasteiger partial charge in [0.2, 0.25) is 0 Å². The van der Waals surface area contributed by atoms with Crippen molar-refractivity contribution in [3.05, 3.63) is 35.4 Å². The van der Waals surface area contributed by atoms with Crippen LogP contribution >= 0.6 is 0 Å². The summed E-state index contributed by atoms with van der Waals surface area (Å²) in [5.41, 5.74) is 0.349. The molecule has 114 valence electrons. The van der Waals surface area contributed by atoms with Crippen LogP contribution in [-0.2, 0) is 10.9 Å². The Morgan fingerprint density at radius 1 is 1.14 bits per heavy atom. The zero-order valence-electron chi connectivity index (χ0n) is 12.1. The van der Waals surface area contributed by atoms with Crippen LogP contribution in [-0.4, -0.2) is 18.0 Å². The summed E-state index contributed by atoms with van der Waals surface area (Å²) in [4.78, 5) is 4.75. The van der Waals surface area contributed by atoms with Gasteiger partial charge in [-0.3, -0.25) is 4.99 Å². The quantitative estimate of drug-likeness (QED) is 0.751. The lowest BCUT2D eigenvalue weighted by atomic mass is 9.78. The maximum atomic E-state index is 12.6. The first-order valence-corrected chi connectivity index (χ1v) is 7.14. The van der Waals surface area contributed by atoms with Gasteiger partial charge in [-0.15, -0.1) is 0 Å². The van der Waals surface area contributed by atoms with Crippen molar-refractivity contribution in [2.24, 2.45) is 10.4 Å². The van der Waals surface area contributed by atoms with Crippen molar-refractivity contribution in [2.45, 2.75) is 45.0 Å². The predicted octanol–water partition coefficient (Wildman–Crippen LogP) is 4.43. The molecule has 0 aromatic heterocycles. The van der Waals surface area contributed by atoms with Gasteiger partial charge in [0.05, 0.1) is 5.56 Å². The van der Waals surface area contributed by atoms with Gasteiger partial charge >= 0.3 is 6.18 Å². The molecule has 0 amide bonds. The lowest BCUT2D eigenvalue weighted by molar-refractivity contribution is -0.137. The van der Waals surface area contributed by atoms with Gasteiger partial charge in [-0.25, -0.2) is 0 Å². The predicted molar refractivity (Wildman–Crippen MR) is 74.3 cm³/mol. The van der Waals surface area contributed by atoms with Crippen molar-refractivity contribution in [2.75, 3.05) is 6.61 Å². The fraction of sp³-hybridized carbons (Fsp3) is 0.562. The van der Waals surface area contributed by atoms with Crippen LogP contribution in [0.25, 0.3) is 0 Å². The van der Waals surface area contributed by atoms with Gasteiger partial charge in [0.25, 0.3) is 0 Å². The number of rotatable bonds is 1. The topological polar surface area (TPSA) is 21.6 Å². The molecule has 1 spiro atoms. The zero-order valence-corrected chi connectivity index (χ0v) is 12.1. The molecule has 3 rings (SSSR count). The van der Waals surface area contributed by atoms with Gasteiger partial charge in [-0.05, 0) is 37.0 Å². The molecule has 0 bridgehead atoms. The molecule has 21 heavy (non-hydrogen) atoms. The monoisotopic (exact) mass is 297 g/mol. The first-order chi connectivity index (χ1) is 9.74. The number of nitrogens with zero attached hydrogens (tertiary/aromatic N) is 1. The van der Waals surface area contributed by atoms with E-state index in [-0.39, 0.29) is 5.41 Å². The number of hydrogen-bond acceptors (Lipinski definition) is 2. The molecular formula is C16H18F3NO. The highest BCUT2D eigenvalue weighted by atomic mass is 19.4. The average Bonchev–Trinajstić information content (AvgIpc) is 2.96. The SMILES string of the molecule is CC1(C)CC(c2ccc(C(F)(F)F)cc2)=NC12CCCO2. The van der Waals surface area contributed by atoms with Crippen LogP contribution in [0.4, 0.5) is 13.2 Å². The molecule has 0 aliphatic carbocycles. The van der Waals surface area contributed by atoms with Crippen LogP contribution in [0.2, 0.25) is 0 Å². The van der Waals surface area contributed by atoms with Crippen molar-refractivity contribution >= 4 is 5.71 Å². The van der Waals surface area contributed by atoms with Crippen LogP contribution in [0, 0.1) is 5.41 Å². The van der Waals surface area contributed by atoms with E-state index in [1.54, 1.807) is 0 Å². The first-order valence-electron chi connectivity index (χ1n) is 7.14. The summed E-state index contributed by atoms with van der Waals surface area (Å²) < 4.78 is 43.7. The minimum atomic E-state index is -4.30. The fourth-order valence-corrected chi connectivity index (χ4v) is 3.23. The molecule has 1 aromatic rings. The van der Waals surface area contributed by atoms with Gasteiger partial charge < -0.3 is 4.74 Å². The number of hydrogen-bond donors (Lipinski definition) is 0. The smallest absolute Gasteiger partial charge is 0.353 e. The molecule has 0 saturated carbocycles. The average molecular weight is 297 g/mol. The molecule has 1 aromatic carbocycles. The van der Waals surface area contributed by atoms with Crippen LogP contribution in [0.1, 0.15) is 44.2 Å². The standard InChI is InChI=1S/C16H18F3NO/c1-14(2)10-13(20-15(14)8-3-9-21-15)11-4-6-12(7-5-11)16(17,18)19/h4-7H,3,8-10H2,1-2H3. The summed E-state index contributed by atoms with van der Waals surface area (Å²) in [6, 6.07) is 5.24. The van der Waals surface area contributed by atoms with Crippen LogP contribution in [0.5, 0.6) is 0 Å². The Morgan fingerprint density at radius 2 is 1.81 bits per heavy atom. The van der Waals surface area contributed by atoms with E-state index < -0.39 is 17.5 Å². The van der Waals surface area contributed by atoms with Gasteiger partial charge in [0.15, 0.2) is 5.72 Å². The molecule has 2 heterocycles. The molecule has 5 heteroatoms. The number of alkyl halides is 3. The Labute approximate surface area is 122 Å². The summed E-state index contributed by atoms with van der Waals surface area (Å²) in [6.07, 6.45) is -1.72. The Kier molecular flexibility index (Phi) is 3.17. The molecule has 2 aliphatic heterocycles. The summed E-state index contributed by atoms with van der Waals surface area (Å²) >= 11 is 0. The molecule has 1 fully saturated rings. The van der Waals surface area contributed by atoms with E-state index in [2.05, 4.69) is 13.8 Å². The Morgan fingerprint density at radius 3 is 2.33 bits per heavy atom. The lowest BCUT2D eigenvalue weighted by Gasteiger charge is -2.34. The number of benzene rings is 1. The third-order valence-corrected chi connectivity index (χ3v) is 4.53. The number of ether oxygens (including phenoxy) is 1. The van der Waals surface area contributed by atoms with Crippen molar-refractivity contribution in [1.29, 1.82) is 0 Å². The maximum Gasteiger partial charge on any atom is 0.416 e. The fourth-order valence-electron chi connectivity index (χ4n) is 3.23. The van der Waals surface area contributed by atoms with Crippen molar-refractivity contribution < 1.29 is 17.9 Å². The van der Waals surface area contributed by atoms with E-state index in [0.29, 0.717) is 6.61 Å². The molecule has 1 saturated heterocycles. The highest BCUT2D eigenvalue weighted by Crippen LogP contribution is 2.50. The normalized spacial score (nSPS) is 28.1. The highest BCUT2D eigenvalue weighted by molar-refractivity contribution is 6.02. The largest absolute Gasteiger partial charge is 0.416 e. The van der Waals surface area contributed by atoms with Crippen molar-refractivity contribution in [3.8, 4) is 0 Å². The second kappa shape index (κ2) is 4.57. The van der Waals surface area contributed by atoms with E-state index in [1.165, 1.54) is 12.1 Å². The molecule has 2 aliphatic rings. The molecule has 0 N–H and O–H groups in total. The van der Waals surface area contributed by atoms with Gasteiger partial charge in [0.1, 0.15) is 0 Å². The van der Waals surface area contributed by atoms with Crippen LogP contribution in [0.15, 0.2) is 29.3 Å². The first kappa shape index (κ1) is 14.6. The second-order valence-corrected chi connectivity index (χ2v) is 6.43. The van der Waals surface area contributed by atoms with Gasteiger partial charge in [-0.2, -0.15) is 13.2 Å². The van der Waals surface area contributed by atoms with Crippen molar-refractivity contribution in [3.63, 3.8) is 0 Å². The Bertz CT molecular complexity index is 566. The maximum absolute atomic E-state index is 12.6. The summed E-state index contributed by atoms with van der Waals surface area (Å²) in [6.45, 7) is 4.92. The lowest BCUT2D eigenvalue weighted by Crippen LogP contribution is -2.38. The molecule has 2 nitrogen and oxygen atoms in total. The third-order valence-electron chi connectivity index (χ3n) is 4.53. The number of halogens is 3. The van der Waals surface area contributed by atoms with Gasteiger partial charge in [-0.1, -0.05) is 26.0 Å². The minimum absolute atomic E-state index is 0.123. The second-order valence-electron chi connectivity index (χ2n) is 6.43. The highest BCUT2D eigenvalue weighted by Gasteiger charge is 2.53. The van der Waals surface area contributed by atoms with Crippen LogP contribution < -0.4 is 0 Å². The van der Waals surface area contributed by atoms with E-state index in [4.69, 9.17) is 9.73 Å². The molecule has 1 atom stereocenters. The summed E-state index contributed by atoms with van der Waals surface area (Å²) in [7, 11) is 0. The van der Waals surface area contributed by atoms with E-state index >= 15 is 0 Å². The van der Waals surface area contributed by atoms with E-state index in [9.17, 15) is 13.2 Å². The Balaban J connectivity index is 1.91. The molecule has 0 radical (unpaired) electrons. The number of aliphatic imine (C=N–C) groups is 1.